The number of non-ortho nitro benzene ring substituents is 1. The molecule has 0 spiro atoms. The van der Waals surface area contributed by atoms with E-state index in [9.17, 15) is 19.7 Å². The SMILES string of the molecule is O=C1NC(=Cc2ccccc2OCc2cccc([N+](=O)[O-])c2)C(=O)N1c1cccc(Cl)c1. The fraction of sp³-hybridized carbons (Fsp3) is 0.0435. The average Bonchev–Trinajstić information content (AvgIpc) is 3.06. The van der Waals surface area contributed by atoms with Crippen molar-refractivity contribution in [1.82, 2.24) is 5.32 Å². The maximum atomic E-state index is 12.9. The molecule has 1 fully saturated rings. The topological polar surface area (TPSA) is 102 Å². The summed E-state index contributed by atoms with van der Waals surface area (Å²) in [6, 6.07) is 19.0. The third-order valence-corrected chi connectivity index (χ3v) is 4.91. The van der Waals surface area contributed by atoms with Gasteiger partial charge in [0, 0.05) is 22.7 Å². The van der Waals surface area contributed by atoms with E-state index in [1.165, 1.54) is 24.3 Å². The van der Waals surface area contributed by atoms with Crippen LogP contribution >= 0.6 is 11.6 Å². The summed E-state index contributed by atoms with van der Waals surface area (Å²) in [5.74, 6) is -0.0690. The van der Waals surface area contributed by atoms with Gasteiger partial charge in [0.15, 0.2) is 0 Å². The number of imide groups is 1. The number of nitro benzene ring substituents is 1. The number of para-hydroxylation sites is 1. The highest BCUT2D eigenvalue weighted by Gasteiger charge is 2.35. The molecule has 1 heterocycles. The minimum Gasteiger partial charge on any atom is -0.488 e. The Morgan fingerprint density at radius 1 is 1.03 bits per heavy atom. The molecule has 0 atom stereocenters. The summed E-state index contributed by atoms with van der Waals surface area (Å²) in [5, 5.41) is 13.9. The van der Waals surface area contributed by atoms with Crippen molar-refractivity contribution in [3.63, 3.8) is 0 Å². The Hall–Kier alpha value is -4.17. The normalized spacial score (nSPS) is 14.5. The Balaban J connectivity index is 1.56. The van der Waals surface area contributed by atoms with Crippen molar-refractivity contribution in [3.05, 3.63) is 105 Å². The van der Waals surface area contributed by atoms with Gasteiger partial charge < -0.3 is 10.1 Å². The maximum absolute atomic E-state index is 12.9. The molecule has 4 rings (SSSR count). The molecule has 1 aliphatic rings. The lowest BCUT2D eigenvalue weighted by Crippen LogP contribution is -2.30. The molecule has 1 N–H and O–H groups in total. The van der Waals surface area contributed by atoms with Gasteiger partial charge in [0.2, 0.25) is 0 Å². The zero-order valence-electron chi connectivity index (χ0n) is 16.5. The van der Waals surface area contributed by atoms with Crippen LogP contribution in [0.5, 0.6) is 5.75 Å². The van der Waals surface area contributed by atoms with E-state index in [1.54, 1.807) is 54.6 Å². The molecule has 0 unspecified atom stereocenters. The number of anilines is 1. The van der Waals surface area contributed by atoms with E-state index < -0.39 is 16.9 Å². The molecule has 3 aromatic rings. The lowest BCUT2D eigenvalue weighted by Gasteiger charge is -2.12. The number of nitro groups is 1. The lowest BCUT2D eigenvalue weighted by molar-refractivity contribution is -0.384. The van der Waals surface area contributed by atoms with E-state index in [-0.39, 0.29) is 18.0 Å². The zero-order chi connectivity index (χ0) is 22.7. The molecule has 160 valence electrons. The van der Waals surface area contributed by atoms with Crippen LogP contribution in [0.2, 0.25) is 5.02 Å². The third kappa shape index (κ3) is 4.45. The Morgan fingerprint density at radius 3 is 2.59 bits per heavy atom. The van der Waals surface area contributed by atoms with E-state index in [4.69, 9.17) is 16.3 Å². The van der Waals surface area contributed by atoms with Crippen LogP contribution in [0, 0.1) is 10.1 Å². The Bertz CT molecular complexity index is 1260. The number of carbonyl (C=O) groups is 2. The van der Waals surface area contributed by atoms with E-state index >= 15 is 0 Å². The van der Waals surface area contributed by atoms with Crippen molar-refractivity contribution in [2.24, 2.45) is 0 Å². The second-order valence-corrected chi connectivity index (χ2v) is 7.30. The van der Waals surface area contributed by atoms with Crippen LogP contribution in [-0.2, 0) is 11.4 Å². The summed E-state index contributed by atoms with van der Waals surface area (Å²) in [6.07, 6.45) is 1.52. The first-order valence-corrected chi connectivity index (χ1v) is 9.88. The van der Waals surface area contributed by atoms with Gasteiger partial charge >= 0.3 is 6.03 Å². The highest BCUT2D eigenvalue weighted by molar-refractivity contribution is 6.32. The molecule has 9 heteroatoms. The fourth-order valence-corrected chi connectivity index (χ4v) is 3.38. The van der Waals surface area contributed by atoms with E-state index in [1.807, 2.05) is 0 Å². The Labute approximate surface area is 187 Å². The fourth-order valence-electron chi connectivity index (χ4n) is 3.19. The number of urea groups is 1. The summed E-state index contributed by atoms with van der Waals surface area (Å²) >= 11 is 5.98. The van der Waals surface area contributed by atoms with Crippen LogP contribution in [0.25, 0.3) is 6.08 Å². The molecule has 0 aromatic heterocycles. The van der Waals surface area contributed by atoms with Crippen molar-refractivity contribution in [1.29, 1.82) is 0 Å². The average molecular weight is 450 g/mol. The summed E-state index contributed by atoms with van der Waals surface area (Å²) in [6.45, 7) is 0.0941. The molecule has 1 aliphatic heterocycles. The molecule has 1 saturated heterocycles. The first-order valence-electron chi connectivity index (χ1n) is 9.50. The van der Waals surface area contributed by atoms with E-state index in [0.717, 1.165) is 4.90 Å². The number of rotatable bonds is 6. The molecule has 0 saturated carbocycles. The predicted molar refractivity (Wildman–Crippen MR) is 119 cm³/mol. The standard InChI is InChI=1S/C23H16ClN3O5/c24-17-7-4-8-18(13-17)26-22(28)20(25-23(26)29)12-16-6-1-2-10-21(16)32-14-15-5-3-9-19(11-15)27(30)31/h1-13H,14H2,(H,25,29). The highest BCUT2D eigenvalue weighted by atomic mass is 35.5. The molecule has 3 aromatic carbocycles. The number of ether oxygens (including phenoxy) is 1. The highest BCUT2D eigenvalue weighted by Crippen LogP contribution is 2.27. The first-order chi connectivity index (χ1) is 15.4. The summed E-state index contributed by atoms with van der Waals surface area (Å²) < 4.78 is 5.84. The van der Waals surface area contributed by atoms with Gasteiger partial charge in [-0.05, 0) is 35.9 Å². The Kier molecular flexibility index (Phi) is 5.87. The van der Waals surface area contributed by atoms with Crippen LogP contribution < -0.4 is 15.0 Å². The number of amides is 3. The number of halogens is 1. The van der Waals surface area contributed by atoms with Gasteiger partial charge in [-0.15, -0.1) is 0 Å². The first kappa shape index (κ1) is 21.1. The molecule has 3 amide bonds. The summed E-state index contributed by atoms with van der Waals surface area (Å²) in [7, 11) is 0. The van der Waals surface area contributed by atoms with Crippen LogP contribution in [0.1, 0.15) is 11.1 Å². The molecular weight excluding hydrogens is 434 g/mol. The van der Waals surface area contributed by atoms with Crippen LogP contribution in [0.4, 0.5) is 16.2 Å². The molecule has 8 nitrogen and oxygen atoms in total. The largest absolute Gasteiger partial charge is 0.488 e. The van der Waals surface area contributed by atoms with Crippen molar-refractivity contribution >= 4 is 41.0 Å². The molecule has 0 aliphatic carbocycles. The van der Waals surface area contributed by atoms with Gasteiger partial charge in [-0.25, -0.2) is 9.69 Å². The molecule has 0 bridgehead atoms. The van der Waals surface area contributed by atoms with Crippen LogP contribution in [-0.4, -0.2) is 16.9 Å². The number of hydrogen-bond donors (Lipinski definition) is 1. The second-order valence-electron chi connectivity index (χ2n) is 6.86. The maximum Gasteiger partial charge on any atom is 0.333 e. The Morgan fingerprint density at radius 2 is 1.81 bits per heavy atom. The van der Waals surface area contributed by atoms with E-state index in [2.05, 4.69) is 5.32 Å². The van der Waals surface area contributed by atoms with Gasteiger partial charge in [-0.2, -0.15) is 0 Å². The van der Waals surface area contributed by atoms with Crippen LogP contribution in [0.3, 0.4) is 0 Å². The van der Waals surface area contributed by atoms with Crippen molar-refractivity contribution in [2.75, 3.05) is 4.90 Å². The monoisotopic (exact) mass is 449 g/mol. The number of nitrogens with zero attached hydrogens (tertiary/aromatic N) is 2. The minimum absolute atomic E-state index is 0.0260. The van der Waals surface area contributed by atoms with Crippen molar-refractivity contribution in [3.8, 4) is 5.75 Å². The predicted octanol–water partition coefficient (Wildman–Crippen LogP) is 4.92. The third-order valence-electron chi connectivity index (χ3n) is 4.68. The van der Waals surface area contributed by atoms with Gasteiger partial charge in [0.05, 0.1) is 10.6 Å². The number of carbonyl (C=O) groups excluding carboxylic acids is 2. The number of nitrogens with one attached hydrogen (secondary N) is 1. The minimum atomic E-state index is -0.585. The van der Waals surface area contributed by atoms with Crippen molar-refractivity contribution in [2.45, 2.75) is 6.61 Å². The van der Waals surface area contributed by atoms with Gasteiger partial charge in [-0.3, -0.25) is 14.9 Å². The number of hydrogen-bond acceptors (Lipinski definition) is 5. The van der Waals surface area contributed by atoms with Gasteiger partial charge in [0.1, 0.15) is 18.1 Å². The smallest absolute Gasteiger partial charge is 0.333 e. The van der Waals surface area contributed by atoms with Crippen molar-refractivity contribution < 1.29 is 19.2 Å². The summed E-state index contributed by atoms with van der Waals surface area (Å²) in [4.78, 5) is 36.7. The quantitative estimate of drug-likeness (QED) is 0.249. The molecule has 0 radical (unpaired) electrons. The van der Waals surface area contributed by atoms with Gasteiger partial charge in [-0.1, -0.05) is 48.0 Å². The summed E-state index contributed by atoms with van der Waals surface area (Å²) in [5.41, 5.74) is 1.61. The molecule has 32 heavy (non-hydrogen) atoms. The second kappa shape index (κ2) is 8.91. The van der Waals surface area contributed by atoms with E-state index in [0.29, 0.717) is 27.6 Å². The number of benzene rings is 3. The van der Waals surface area contributed by atoms with Crippen LogP contribution in [0.15, 0.2) is 78.5 Å². The van der Waals surface area contributed by atoms with Gasteiger partial charge in [0.25, 0.3) is 11.6 Å². The molecular formula is C23H16ClN3O5. The lowest BCUT2D eigenvalue weighted by atomic mass is 10.1. The zero-order valence-corrected chi connectivity index (χ0v) is 17.3.